The highest BCUT2D eigenvalue weighted by molar-refractivity contribution is 5.43. The maximum atomic E-state index is 11.8. The van der Waals surface area contributed by atoms with Gasteiger partial charge in [-0.25, -0.2) is 0 Å². The Morgan fingerprint density at radius 1 is 1.35 bits per heavy atom. The van der Waals surface area contributed by atoms with Crippen molar-refractivity contribution in [3.05, 3.63) is 57.9 Å². The van der Waals surface area contributed by atoms with Crippen molar-refractivity contribution in [3.63, 3.8) is 0 Å². The van der Waals surface area contributed by atoms with E-state index in [2.05, 4.69) is 0 Å². The summed E-state index contributed by atoms with van der Waals surface area (Å²) in [6.45, 7) is 2.02. The van der Waals surface area contributed by atoms with Crippen LogP contribution in [0, 0.1) is 18.3 Å². The van der Waals surface area contributed by atoms with E-state index >= 15 is 0 Å². The van der Waals surface area contributed by atoms with E-state index in [0.717, 1.165) is 4.57 Å². The summed E-state index contributed by atoms with van der Waals surface area (Å²) in [7, 11) is 0. The van der Waals surface area contributed by atoms with Gasteiger partial charge in [0.05, 0.1) is 6.54 Å². The molecule has 5 heteroatoms. The van der Waals surface area contributed by atoms with Crippen LogP contribution in [-0.4, -0.2) is 16.3 Å². The Labute approximate surface area is 116 Å². The molecular formula is C15H14N2O3. The molecule has 0 aliphatic carbocycles. The van der Waals surface area contributed by atoms with E-state index < -0.39 is 0 Å². The molecule has 102 valence electrons. The summed E-state index contributed by atoms with van der Waals surface area (Å²) in [6.07, 6.45) is 0. The van der Waals surface area contributed by atoms with E-state index in [1.54, 1.807) is 19.1 Å². The van der Waals surface area contributed by atoms with Crippen LogP contribution in [0.4, 0.5) is 0 Å². The van der Waals surface area contributed by atoms with Crippen molar-refractivity contribution in [1.29, 1.82) is 5.26 Å². The van der Waals surface area contributed by atoms with Gasteiger partial charge in [-0.15, -0.1) is 0 Å². The molecule has 0 atom stereocenters. The van der Waals surface area contributed by atoms with Gasteiger partial charge < -0.3 is 9.84 Å². The van der Waals surface area contributed by atoms with Crippen molar-refractivity contribution in [2.24, 2.45) is 0 Å². The number of para-hydroxylation sites is 1. The quantitative estimate of drug-likeness (QED) is 0.919. The molecule has 0 unspecified atom stereocenters. The minimum Gasteiger partial charge on any atom is -0.493 e. The molecule has 1 N–H and O–H groups in total. The fraction of sp³-hybridized carbons (Fsp3) is 0.200. The largest absolute Gasteiger partial charge is 0.493 e. The van der Waals surface area contributed by atoms with E-state index in [-0.39, 0.29) is 30.2 Å². The first-order valence-electron chi connectivity index (χ1n) is 6.15. The first-order valence-corrected chi connectivity index (χ1v) is 6.15. The van der Waals surface area contributed by atoms with Crippen LogP contribution in [-0.2, 0) is 6.54 Å². The van der Waals surface area contributed by atoms with Crippen LogP contribution < -0.4 is 10.3 Å². The number of nitriles is 1. The van der Waals surface area contributed by atoms with Crippen molar-refractivity contribution in [3.8, 4) is 17.7 Å². The average molecular weight is 270 g/mol. The molecule has 0 bridgehead atoms. The molecule has 2 aromatic rings. The first-order chi connectivity index (χ1) is 9.63. The minimum atomic E-state index is -0.351. The second-order valence-corrected chi connectivity index (χ2v) is 4.29. The Morgan fingerprint density at radius 3 is 2.70 bits per heavy atom. The fourth-order valence-electron chi connectivity index (χ4n) is 1.88. The summed E-state index contributed by atoms with van der Waals surface area (Å²) in [5.74, 6) is 0.377. The van der Waals surface area contributed by atoms with Crippen LogP contribution in [0.25, 0.3) is 0 Å². The lowest BCUT2D eigenvalue weighted by atomic mass is 10.1. The molecular weight excluding hydrogens is 256 g/mol. The summed E-state index contributed by atoms with van der Waals surface area (Å²) < 4.78 is 6.60. The van der Waals surface area contributed by atoms with Crippen LogP contribution >= 0.6 is 0 Å². The van der Waals surface area contributed by atoms with Gasteiger partial charge in [0.1, 0.15) is 24.0 Å². The number of hydrogen-bond donors (Lipinski definition) is 1. The van der Waals surface area contributed by atoms with Crippen molar-refractivity contribution < 1.29 is 9.84 Å². The zero-order chi connectivity index (χ0) is 14.5. The average Bonchev–Trinajstić information content (AvgIpc) is 2.44. The summed E-state index contributed by atoms with van der Waals surface area (Å²) in [6, 6.07) is 12.4. The summed E-state index contributed by atoms with van der Waals surface area (Å²) >= 11 is 0. The monoisotopic (exact) mass is 270 g/mol. The van der Waals surface area contributed by atoms with Gasteiger partial charge in [0, 0.05) is 6.07 Å². The van der Waals surface area contributed by atoms with E-state index in [0.29, 0.717) is 11.3 Å². The highest BCUT2D eigenvalue weighted by Gasteiger charge is 2.12. The molecule has 20 heavy (non-hydrogen) atoms. The summed E-state index contributed by atoms with van der Waals surface area (Å²) in [5, 5.41) is 18.9. The lowest BCUT2D eigenvalue weighted by Gasteiger charge is -2.11. The van der Waals surface area contributed by atoms with E-state index in [1.807, 2.05) is 24.3 Å². The predicted molar refractivity (Wildman–Crippen MR) is 73.8 cm³/mol. The predicted octanol–water partition coefficient (Wildman–Crippen LogP) is 1.81. The number of benzene rings is 1. The van der Waals surface area contributed by atoms with Crippen LogP contribution in [0.1, 0.15) is 11.1 Å². The maximum Gasteiger partial charge on any atom is 0.253 e. The molecule has 0 aliphatic rings. The number of rotatable bonds is 4. The second-order valence-electron chi connectivity index (χ2n) is 4.29. The van der Waals surface area contributed by atoms with Crippen LogP contribution in [0.15, 0.2) is 41.2 Å². The molecule has 0 aliphatic heterocycles. The zero-order valence-electron chi connectivity index (χ0n) is 11.0. The molecule has 0 saturated heterocycles. The number of aromatic nitrogens is 1. The van der Waals surface area contributed by atoms with Crippen molar-refractivity contribution in [2.75, 3.05) is 6.61 Å². The normalized spacial score (nSPS) is 10.0. The topological polar surface area (TPSA) is 75.2 Å². The molecule has 0 amide bonds. The first kappa shape index (κ1) is 13.7. The van der Waals surface area contributed by atoms with Crippen molar-refractivity contribution in [2.45, 2.75) is 13.5 Å². The molecule has 0 spiro atoms. The molecule has 5 nitrogen and oxygen atoms in total. The second kappa shape index (κ2) is 5.93. The van der Waals surface area contributed by atoms with Crippen LogP contribution in [0.5, 0.6) is 11.6 Å². The smallest absolute Gasteiger partial charge is 0.253 e. The maximum absolute atomic E-state index is 11.8. The highest BCUT2D eigenvalue weighted by atomic mass is 16.5. The van der Waals surface area contributed by atoms with Gasteiger partial charge in [0.15, 0.2) is 0 Å². The Morgan fingerprint density at radius 2 is 2.05 bits per heavy atom. The van der Waals surface area contributed by atoms with Crippen LogP contribution in [0.3, 0.4) is 0 Å². The molecule has 0 fully saturated rings. The molecule has 1 heterocycles. The minimum absolute atomic E-state index is 0.115. The number of nitrogens with zero attached hydrogens (tertiary/aromatic N) is 2. The number of ether oxygens (including phenoxy) is 1. The fourth-order valence-corrected chi connectivity index (χ4v) is 1.88. The number of aryl methyl sites for hydroxylation is 1. The van der Waals surface area contributed by atoms with Gasteiger partial charge in [-0.3, -0.25) is 9.36 Å². The van der Waals surface area contributed by atoms with E-state index in [4.69, 9.17) is 10.00 Å². The number of hydrogen-bond acceptors (Lipinski definition) is 4. The third-order valence-electron chi connectivity index (χ3n) is 2.92. The lowest BCUT2D eigenvalue weighted by molar-refractivity contribution is 0.283. The van der Waals surface area contributed by atoms with E-state index in [9.17, 15) is 9.90 Å². The van der Waals surface area contributed by atoms with Gasteiger partial charge in [0.25, 0.3) is 5.56 Å². The van der Waals surface area contributed by atoms with Gasteiger partial charge >= 0.3 is 0 Å². The molecule has 1 aromatic heterocycles. The van der Waals surface area contributed by atoms with E-state index in [1.165, 1.54) is 6.07 Å². The molecule has 2 rings (SSSR count). The Kier molecular flexibility index (Phi) is 4.06. The Hall–Kier alpha value is -2.74. The highest BCUT2D eigenvalue weighted by Crippen LogP contribution is 2.17. The zero-order valence-corrected chi connectivity index (χ0v) is 11.0. The Balaban J connectivity index is 2.15. The number of pyridine rings is 1. The van der Waals surface area contributed by atoms with Gasteiger partial charge in [-0.05, 0) is 24.6 Å². The van der Waals surface area contributed by atoms with Crippen LogP contribution in [0.2, 0.25) is 0 Å². The van der Waals surface area contributed by atoms with Gasteiger partial charge in [-0.1, -0.05) is 18.2 Å². The van der Waals surface area contributed by atoms with Crippen molar-refractivity contribution in [1.82, 2.24) is 4.57 Å². The Bertz CT molecular complexity index is 700. The lowest BCUT2D eigenvalue weighted by Crippen LogP contribution is -2.23. The third-order valence-corrected chi connectivity index (χ3v) is 2.92. The third kappa shape index (κ3) is 2.81. The molecule has 1 aromatic carbocycles. The molecule has 0 saturated carbocycles. The summed E-state index contributed by atoms with van der Waals surface area (Å²) in [5.41, 5.74) is 0.232. The SMILES string of the molecule is Cc1cc(=O)n(CCOc2ccccc2)c(O)c1C#N. The number of aromatic hydroxyl groups is 1. The van der Waals surface area contributed by atoms with Crippen molar-refractivity contribution >= 4 is 0 Å². The molecule has 0 radical (unpaired) electrons. The standard InChI is InChI=1S/C15H14N2O3/c1-11-9-14(18)17(15(19)13(11)10-16)7-8-20-12-5-3-2-4-6-12/h2-6,9,19H,7-8H2,1H3. The van der Waals surface area contributed by atoms with Gasteiger partial charge in [-0.2, -0.15) is 5.26 Å². The summed E-state index contributed by atoms with van der Waals surface area (Å²) in [4.78, 5) is 11.8. The van der Waals surface area contributed by atoms with Gasteiger partial charge in [0.2, 0.25) is 5.88 Å².